The minimum absolute atomic E-state index is 0.201. The van der Waals surface area contributed by atoms with Crippen molar-refractivity contribution in [3.05, 3.63) is 29.8 Å². The predicted molar refractivity (Wildman–Crippen MR) is 71.9 cm³/mol. The summed E-state index contributed by atoms with van der Waals surface area (Å²) in [5, 5.41) is 0. The van der Waals surface area contributed by atoms with Crippen molar-refractivity contribution in [2.45, 2.75) is 32.1 Å². The Kier molecular flexibility index (Phi) is 4.02. The van der Waals surface area contributed by atoms with E-state index in [-0.39, 0.29) is 11.2 Å². The number of methoxy groups -OCH3 is 1. The molecule has 0 aromatic heterocycles. The standard InChI is InChI=1S/C15H21NO2/c1-18-13-7-5-12(6-8-13)14(17)15(11-16)9-3-2-4-10-15/h5-8H,2-4,9-11,16H2,1H3. The predicted octanol–water partition coefficient (Wildman–Crippen LogP) is 2.79. The lowest BCUT2D eigenvalue weighted by atomic mass is 9.69. The molecule has 1 aromatic rings. The van der Waals surface area contributed by atoms with E-state index >= 15 is 0 Å². The van der Waals surface area contributed by atoms with Crippen LogP contribution in [0.3, 0.4) is 0 Å². The van der Waals surface area contributed by atoms with E-state index in [1.165, 1.54) is 6.42 Å². The van der Waals surface area contributed by atoms with Gasteiger partial charge in [-0.1, -0.05) is 19.3 Å². The van der Waals surface area contributed by atoms with Gasteiger partial charge in [-0.3, -0.25) is 4.79 Å². The Labute approximate surface area is 108 Å². The Morgan fingerprint density at radius 3 is 2.33 bits per heavy atom. The largest absolute Gasteiger partial charge is 0.497 e. The van der Waals surface area contributed by atoms with Crippen molar-refractivity contribution in [3.63, 3.8) is 0 Å². The second kappa shape index (κ2) is 5.53. The molecule has 1 aliphatic carbocycles. The molecular weight excluding hydrogens is 226 g/mol. The number of carbonyl (C=O) groups is 1. The van der Waals surface area contributed by atoms with Crippen LogP contribution in [0, 0.1) is 5.41 Å². The highest BCUT2D eigenvalue weighted by molar-refractivity contribution is 6.00. The monoisotopic (exact) mass is 247 g/mol. The molecule has 0 radical (unpaired) electrons. The number of Topliss-reactive ketones (excluding diaryl/α,β-unsaturated/α-hetero) is 1. The first-order valence-electron chi connectivity index (χ1n) is 6.61. The molecule has 0 heterocycles. The number of ether oxygens (including phenoxy) is 1. The maximum Gasteiger partial charge on any atom is 0.170 e. The van der Waals surface area contributed by atoms with Crippen LogP contribution in [0.1, 0.15) is 42.5 Å². The molecule has 98 valence electrons. The summed E-state index contributed by atoms with van der Waals surface area (Å²) in [7, 11) is 1.62. The Hall–Kier alpha value is -1.35. The molecule has 2 N–H and O–H groups in total. The van der Waals surface area contributed by atoms with Gasteiger partial charge in [0.05, 0.1) is 7.11 Å². The Morgan fingerprint density at radius 1 is 1.22 bits per heavy atom. The third-order valence-electron chi connectivity index (χ3n) is 4.04. The van der Waals surface area contributed by atoms with Crippen LogP contribution < -0.4 is 10.5 Å². The molecule has 1 saturated carbocycles. The summed E-state index contributed by atoms with van der Waals surface area (Å²) in [6.45, 7) is 0.456. The van der Waals surface area contributed by atoms with Crippen molar-refractivity contribution in [2.75, 3.05) is 13.7 Å². The highest BCUT2D eigenvalue weighted by atomic mass is 16.5. The van der Waals surface area contributed by atoms with Crippen LogP contribution in [0.4, 0.5) is 0 Å². The van der Waals surface area contributed by atoms with Gasteiger partial charge in [0.15, 0.2) is 5.78 Å². The molecule has 18 heavy (non-hydrogen) atoms. The normalized spacial score (nSPS) is 18.3. The zero-order valence-electron chi connectivity index (χ0n) is 10.9. The minimum Gasteiger partial charge on any atom is -0.497 e. The van der Waals surface area contributed by atoms with Gasteiger partial charge in [0, 0.05) is 17.5 Å². The van der Waals surface area contributed by atoms with Gasteiger partial charge in [-0.2, -0.15) is 0 Å². The third kappa shape index (κ3) is 2.41. The molecule has 0 amide bonds. The number of ketones is 1. The maximum atomic E-state index is 12.6. The van der Waals surface area contributed by atoms with Gasteiger partial charge in [-0.25, -0.2) is 0 Å². The summed E-state index contributed by atoms with van der Waals surface area (Å²) in [5.74, 6) is 0.976. The molecule has 0 bridgehead atoms. The lowest BCUT2D eigenvalue weighted by Gasteiger charge is -2.34. The Morgan fingerprint density at radius 2 is 1.83 bits per heavy atom. The van der Waals surface area contributed by atoms with Crippen LogP contribution in [0.2, 0.25) is 0 Å². The van der Waals surface area contributed by atoms with Crippen molar-refractivity contribution < 1.29 is 9.53 Å². The van der Waals surface area contributed by atoms with Gasteiger partial charge >= 0.3 is 0 Å². The number of hydrogen-bond acceptors (Lipinski definition) is 3. The van der Waals surface area contributed by atoms with Crippen molar-refractivity contribution in [1.82, 2.24) is 0 Å². The van der Waals surface area contributed by atoms with E-state index in [1.54, 1.807) is 7.11 Å². The third-order valence-corrected chi connectivity index (χ3v) is 4.04. The van der Waals surface area contributed by atoms with Crippen molar-refractivity contribution in [3.8, 4) is 5.75 Å². The lowest BCUT2D eigenvalue weighted by Crippen LogP contribution is -2.40. The molecule has 0 spiro atoms. The fraction of sp³-hybridized carbons (Fsp3) is 0.533. The molecule has 0 saturated heterocycles. The molecular formula is C15H21NO2. The molecule has 2 rings (SSSR count). The van der Waals surface area contributed by atoms with E-state index in [0.29, 0.717) is 6.54 Å². The molecule has 3 heteroatoms. The fourth-order valence-electron chi connectivity index (χ4n) is 2.80. The second-order valence-electron chi connectivity index (χ2n) is 5.10. The molecule has 0 aliphatic heterocycles. The second-order valence-corrected chi connectivity index (χ2v) is 5.10. The van der Waals surface area contributed by atoms with Crippen molar-refractivity contribution in [1.29, 1.82) is 0 Å². The van der Waals surface area contributed by atoms with Gasteiger partial charge < -0.3 is 10.5 Å². The molecule has 1 aliphatic rings. The number of rotatable bonds is 4. The maximum absolute atomic E-state index is 12.6. The van der Waals surface area contributed by atoms with Crippen molar-refractivity contribution >= 4 is 5.78 Å². The van der Waals surface area contributed by atoms with E-state index in [1.807, 2.05) is 24.3 Å². The van der Waals surface area contributed by atoms with E-state index in [0.717, 1.165) is 37.0 Å². The summed E-state index contributed by atoms with van der Waals surface area (Å²) >= 11 is 0. The average Bonchev–Trinajstić information content (AvgIpc) is 2.47. The van der Waals surface area contributed by atoms with Gasteiger partial charge in [0.25, 0.3) is 0 Å². The van der Waals surface area contributed by atoms with Crippen LogP contribution in [0.15, 0.2) is 24.3 Å². The average molecular weight is 247 g/mol. The van der Waals surface area contributed by atoms with Crippen LogP contribution >= 0.6 is 0 Å². The van der Waals surface area contributed by atoms with E-state index in [2.05, 4.69) is 0 Å². The van der Waals surface area contributed by atoms with Crippen LogP contribution in [-0.2, 0) is 0 Å². The number of hydrogen-bond donors (Lipinski definition) is 1. The summed E-state index contributed by atoms with van der Waals surface area (Å²) in [4.78, 5) is 12.6. The number of carbonyl (C=O) groups excluding carboxylic acids is 1. The first-order chi connectivity index (χ1) is 8.72. The molecule has 1 aromatic carbocycles. The smallest absolute Gasteiger partial charge is 0.170 e. The SMILES string of the molecule is COc1ccc(C(=O)C2(CN)CCCCC2)cc1. The summed E-state index contributed by atoms with van der Waals surface area (Å²) < 4.78 is 5.11. The minimum atomic E-state index is -0.327. The summed E-state index contributed by atoms with van der Waals surface area (Å²) in [6.07, 6.45) is 5.29. The highest BCUT2D eigenvalue weighted by Gasteiger charge is 2.38. The van der Waals surface area contributed by atoms with Gasteiger partial charge in [-0.05, 0) is 37.1 Å². The first kappa shape index (κ1) is 13.1. The summed E-state index contributed by atoms with van der Waals surface area (Å²) in [5.41, 5.74) is 6.31. The van der Waals surface area contributed by atoms with Crippen molar-refractivity contribution in [2.24, 2.45) is 11.1 Å². The van der Waals surface area contributed by atoms with Gasteiger partial charge in [-0.15, -0.1) is 0 Å². The lowest BCUT2D eigenvalue weighted by molar-refractivity contribution is 0.0729. The van der Waals surface area contributed by atoms with Crippen LogP contribution in [0.25, 0.3) is 0 Å². The molecule has 3 nitrogen and oxygen atoms in total. The van der Waals surface area contributed by atoms with E-state index in [9.17, 15) is 4.79 Å². The van der Waals surface area contributed by atoms with Gasteiger partial charge in [0.2, 0.25) is 0 Å². The zero-order valence-corrected chi connectivity index (χ0v) is 10.9. The quantitative estimate of drug-likeness (QED) is 0.832. The molecule has 0 unspecified atom stereocenters. The van der Waals surface area contributed by atoms with Crippen LogP contribution in [0.5, 0.6) is 5.75 Å². The summed E-state index contributed by atoms with van der Waals surface area (Å²) in [6, 6.07) is 7.35. The number of benzene rings is 1. The van der Waals surface area contributed by atoms with Crippen LogP contribution in [-0.4, -0.2) is 19.4 Å². The van der Waals surface area contributed by atoms with Gasteiger partial charge in [0.1, 0.15) is 5.75 Å². The topological polar surface area (TPSA) is 52.3 Å². The molecule has 1 fully saturated rings. The Bertz CT molecular complexity index is 405. The van der Waals surface area contributed by atoms with E-state index < -0.39 is 0 Å². The Balaban J connectivity index is 2.22. The highest BCUT2D eigenvalue weighted by Crippen LogP contribution is 2.38. The fourth-order valence-corrected chi connectivity index (χ4v) is 2.80. The molecule has 0 atom stereocenters. The zero-order chi connectivity index (χ0) is 13.0. The number of nitrogens with two attached hydrogens (primary N) is 1. The first-order valence-corrected chi connectivity index (χ1v) is 6.61. The van der Waals surface area contributed by atoms with E-state index in [4.69, 9.17) is 10.5 Å².